The van der Waals surface area contributed by atoms with Gasteiger partial charge in [0, 0.05) is 49.9 Å². The Hall–Kier alpha value is -0.780. The van der Waals surface area contributed by atoms with E-state index in [2.05, 4.69) is 34.6 Å². The van der Waals surface area contributed by atoms with Crippen LogP contribution >= 0.6 is 12.6 Å². The highest BCUT2D eigenvalue weighted by Gasteiger charge is 2.29. The number of allylic oxidation sites excluding steroid dienone is 2. The van der Waals surface area contributed by atoms with Gasteiger partial charge in [0.15, 0.2) is 0 Å². The van der Waals surface area contributed by atoms with E-state index in [1.807, 2.05) is 12.2 Å². The predicted molar refractivity (Wildman–Crippen MR) is 100 cm³/mol. The Labute approximate surface area is 145 Å². The summed E-state index contributed by atoms with van der Waals surface area (Å²) in [5.74, 6) is 1.50. The molecular formula is C18H30N4S. The quantitative estimate of drug-likeness (QED) is 0.421. The Morgan fingerprint density at radius 1 is 1.09 bits per heavy atom. The Balaban J connectivity index is 1.47. The fraction of sp³-hybridized carbons (Fsp3) is 0.722. The molecule has 0 aromatic rings. The highest BCUT2D eigenvalue weighted by molar-refractivity contribution is 7.81. The average Bonchev–Trinajstić information content (AvgIpc) is 2.57. The van der Waals surface area contributed by atoms with Crippen LogP contribution in [0.3, 0.4) is 0 Å². The highest BCUT2D eigenvalue weighted by Crippen LogP contribution is 2.25. The minimum atomic E-state index is 0.113. The molecule has 128 valence electrons. The number of nitrogens with two attached hydrogens (primary N) is 1. The van der Waals surface area contributed by atoms with Crippen LogP contribution in [0.4, 0.5) is 0 Å². The number of piperazine rings is 1. The second-order valence-electron chi connectivity index (χ2n) is 7.17. The summed E-state index contributed by atoms with van der Waals surface area (Å²) in [4.78, 5) is 4.78. The lowest BCUT2D eigenvalue weighted by Gasteiger charge is -2.41. The maximum Gasteiger partial charge on any atom is 0.104 e. The summed E-state index contributed by atoms with van der Waals surface area (Å²) >= 11 is 4.60. The van der Waals surface area contributed by atoms with Crippen LogP contribution in [0.15, 0.2) is 24.3 Å². The number of amidine groups is 1. The lowest BCUT2D eigenvalue weighted by atomic mass is 9.84. The van der Waals surface area contributed by atoms with Crippen LogP contribution < -0.4 is 5.73 Å². The van der Waals surface area contributed by atoms with Crippen LogP contribution in [0, 0.1) is 17.2 Å². The third-order valence-electron chi connectivity index (χ3n) is 5.60. The third-order valence-corrected chi connectivity index (χ3v) is 6.09. The van der Waals surface area contributed by atoms with Gasteiger partial charge >= 0.3 is 0 Å². The molecule has 23 heavy (non-hydrogen) atoms. The van der Waals surface area contributed by atoms with Gasteiger partial charge in [-0.1, -0.05) is 37.1 Å². The van der Waals surface area contributed by atoms with Gasteiger partial charge in [0.05, 0.1) is 0 Å². The van der Waals surface area contributed by atoms with Crippen molar-refractivity contribution in [3.05, 3.63) is 24.3 Å². The van der Waals surface area contributed by atoms with E-state index in [0.29, 0.717) is 12.0 Å². The van der Waals surface area contributed by atoms with Gasteiger partial charge in [0.25, 0.3) is 0 Å². The van der Waals surface area contributed by atoms with E-state index in [1.165, 1.54) is 25.7 Å². The van der Waals surface area contributed by atoms with Gasteiger partial charge in [-0.25, -0.2) is 0 Å². The van der Waals surface area contributed by atoms with Gasteiger partial charge in [-0.15, -0.1) is 0 Å². The molecule has 0 aromatic heterocycles. The van der Waals surface area contributed by atoms with Crippen molar-refractivity contribution in [1.82, 2.24) is 9.80 Å². The normalized spacial score (nSPS) is 35.5. The maximum atomic E-state index is 8.51. The van der Waals surface area contributed by atoms with Crippen LogP contribution in [0.5, 0.6) is 0 Å². The van der Waals surface area contributed by atoms with Crippen molar-refractivity contribution in [2.24, 2.45) is 17.6 Å². The first-order valence-corrected chi connectivity index (χ1v) is 9.51. The third kappa shape index (κ3) is 4.20. The van der Waals surface area contributed by atoms with Crippen LogP contribution in [0.25, 0.3) is 0 Å². The number of hydrogen-bond acceptors (Lipinski definition) is 4. The molecule has 3 N–H and O–H groups in total. The zero-order valence-electron chi connectivity index (χ0n) is 13.9. The lowest BCUT2D eigenvalue weighted by Crippen LogP contribution is -2.53. The summed E-state index contributed by atoms with van der Waals surface area (Å²) in [6, 6.07) is 0.393. The molecule has 4 atom stereocenters. The van der Waals surface area contributed by atoms with E-state index in [9.17, 15) is 0 Å². The number of rotatable bonds is 3. The SMILES string of the molecule is N=C(C1C=CC=CC1S)N1CCN(C[C@@H]2CCCC[C@@H]2N)CC1. The fourth-order valence-electron chi connectivity index (χ4n) is 4.03. The Morgan fingerprint density at radius 2 is 1.78 bits per heavy atom. The summed E-state index contributed by atoms with van der Waals surface area (Å²) in [5, 5.41) is 8.64. The monoisotopic (exact) mass is 334 g/mol. The second-order valence-corrected chi connectivity index (χ2v) is 7.76. The highest BCUT2D eigenvalue weighted by atomic mass is 32.1. The summed E-state index contributed by atoms with van der Waals surface area (Å²) in [7, 11) is 0. The van der Waals surface area contributed by atoms with E-state index < -0.39 is 0 Å². The predicted octanol–water partition coefficient (Wildman–Crippen LogP) is 2.14. The van der Waals surface area contributed by atoms with E-state index in [-0.39, 0.29) is 11.2 Å². The van der Waals surface area contributed by atoms with Gasteiger partial charge in [-0.2, -0.15) is 12.6 Å². The molecule has 2 fully saturated rings. The summed E-state index contributed by atoms with van der Waals surface area (Å²) in [6.07, 6.45) is 13.4. The molecular weight excluding hydrogens is 304 g/mol. The summed E-state index contributed by atoms with van der Waals surface area (Å²) < 4.78 is 0. The summed E-state index contributed by atoms with van der Waals surface area (Å²) in [5.41, 5.74) is 6.29. The van der Waals surface area contributed by atoms with E-state index in [4.69, 9.17) is 11.1 Å². The zero-order chi connectivity index (χ0) is 16.2. The van der Waals surface area contributed by atoms with Crippen molar-refractivity contribution in [3.63, 3.8) is 0 Å². The van der Waals surface area contributed by atoms with Crippen LogP contribution in [-0.2, 0) is 0 Å². The Kier molecular flexibility index (Phi) is 5.83. The Morgan fingerprint density at radius 3 is 2.48 bits per heavy atom. The van der Waals surface area contributed by atoms with Gasteiger partial charge in [0.1, 0.15) is 5.84 Å². The second kappa shape index (κ2) is 7.86. The molecule has 4 nitrogen and oxygen atoms in total. The minimum Gasteiger partial charge on any atom is -0.357 e. The topological polar surface area (TPSA) is 56.4 Å². The van der Waals surface area contributed by atoms with Gasteiger partial charge < -0.3 is 10.6 Å². The van der Waals surface area contributed by atoms with E-state index in [0.717, 1.165) is 38.6 Å². The maximum absolute atomic E-state index is 8.51. The molecule has 5 heteroatoms. The number of thiol groups is 1. The molecule has 1 aliphatic heterocycles. The first kappa shape index (κ1) is 17.1. The number of hydrogen-bond donors (Lipinski definition) is 3. The smallest absolute Gasteiger partial charge is 0.104 e. The molecule has 1 saturated carbocycles. The average molecular weight is 335 g/mol. The zero-order valence-corrected chi connectivity index (χ0v) is 14.8. The number of nitrogens with one attached hydrogen (secondary N) is 1. The largest absolute Gasteiger partial charge is 0.357 e. The first-order valence-electron chi connectivity index (χ1n) is 8.99. The molecule has 0 amide bonds. The van der Waals surface area contributed by atoms with Crippen LogP contribution in [0.1, 0.15) is 25.7 Å². The molecule has 3 rings (SSSR count). The van der Waals surface area contributed by atoms with E-state index in [1.54, 1.807) is 0 Å². The first-order chi connectivity index (χ1) is 11.1. The van der Waals surface area contributed by atoms with Gasteiger partial charge in [0.2, 0.25) is 0 Å². The standard InChI is InChI=1S/C18H30N4S/c19-16-7-3-1-5-14(16)13-21-9-11-22(12-10-21)18(20)15-6-2-4-8-17(15)23/h2,4,6,8,14-17,20,23H,1,3,5,7,9-13,19H2/t14-,15?,16-,17?/m0/s1. The molecule has 0 bridgehead atoms. The van der Waals surface area contributed by atoms with Gasteiger partial charge in [-0.05, 0) is 18.8 Å². The van der Waals surface area contributed by atoms with Crippen LogP contribution in [0.2, 0.25) is 0 Å². The lowest BCUT2D eigenvalue weighted by molar-refractivity contribution is 0.134. The molecule has 0 aromatic carbocycles. The fourth-order valence-corrected chi connectivity index (χ4v) is 4.37. The molecule has 2 aliphatic carbocycles. The molecule has 0 spiro atoms. The molecule has 1 saturated heterocycles. The molecule has 3 aliphatic rings. The van der Waals surface area contributed by atoms with Gasteiger partial charge in [-0.3, -0.25) is 10.3 Å². The van der Waals surface area contributed by atoms with Crippen molar-refractivity contribution >= 4 is 18.5 Å². The van der Waals surface area contributed by atoms with Crippen molar-refractivity contribution in [1.29, 1.82) is 5.41 Å². The van der Waals surface area contributed by atoms with Crippen molar-refractivity contribution in [2.75, 3.05) is 32.7 Å². The molecule has 0 radical (unpaired) electrons. The molecule has 1 heterocycles. The summed E-state index contributed by atoms with van der Waals surface area (Å²) in [6.45, 7) is 5.15. The minimum absolute atomic E-state index is 0.113. The van der Waals surface area contributed by atoms with E-state index >= 15 is 0 Å². The number of nitrogens with zero attached hydrogens (tertiary/aromatic N) is 2. The van der Waals surface area contributed by atoms with Crippen molar-refractivity contribution < 1.29 is 0 Å². The van der Waals surface area contributed by atoms with Crippen molar-refractivity contribution in [3.8, 4) is 0 Å². The van der Waals surface area contributed by atoms with Crippen molar-refractivity contribution in [2.45, 2.75) is 37.0 Å². The van der Waals surface area contributed by atoms with Crippen LogP contribution in [-0.4, -0.2) is 59.7 Å². The Bertz CT molecular complexity index is 468. The molecule has 2 unspecified atom stereocenters.